The van der Waals surface area contributed by atoms with Crippen LogP contribution >= 0.6 is 0 Å². The average molecular weight is 345 g/mol. The molecule has 4 nitrogen and oxygen atoms in total. The van der Waals surface area contributed by atoms with E-state index in [1.807, 2.05) is 31.2 Å². The lowest BCUT2D eigenvalue weighted by Gasteiger charge is -2.12. The summed E-state index contributed by atoms with van der Waals surface area (Å²) in [5, 5.41) is 2.12. The predicted molar refractivity (Wildman–Crippen MR) is 103 cm³/mol. The highest BCUT2D eigenvalue weighted by molar-refractivity contribution is 5.91. The molecule has 0 aliphatic rings. The number of nitrogens with zero attached hydrogens (tertiary/aromatic N) is 1. The monoisotopic (exact) mass is 345 g/mol. The van der Waals surface area contributed by atoms with E-state index >= 15 is 0 Å². The van der Waals surface area contributed by atoms with Crippen molar-refractivity contribution in [2.24, 2.45) is 0 Å². The SMILES string of the molecule is COc1cc2cc(-c3cccc(-c4ccoc4)c3)nc(C)c2cc1OC. The fourth-order valence-electron chi connectivity index (χ4n) is 3.18. The topological polar surface area (TPSA) is 44.5 Å². The summed E-state index contributed by atoms with van der Waals surface area (Å²) >= 11 is 0. The molecule has 2 aromatic carbocycles. The standard InChI is InChI=1S/C22H19NO3/c1-14-19-12-22(25-3)21(24-2)11-18(19)10-20(23-14)16-6-4-5-15(9-16)17-7-8-26-13-17/h4-13H,1-3H3. The first kappa shape index (κ1) is 16.2. The highest BCUT2D eigenvalue weighted by Gasteiger charge is 2.11. The Morgan fingerprint density at radius 2 is 1.62 bits per heavy atom. The van der Waals surface area contributed by atoms with Gasteiger partial charge in [0, 0.05) is 22.2 Å². The van der Waals surface area contributed by atoms with Crippen LogP contribution < -0.4 is 9.47 Å². The van der Waals surface area contributed by atoms with E-state index in [2.05, 4.69) is 24.3 Å². The quantitative estimate of drug-likeness (QED) is 0.491. The Hall–Kier alpha value is -3.27. The summed E-state index contributed by atoms with van der Waals surface area (Å²) < 4.78 is 16.0. The molecule has 0 aliphatic carbocycles. The van der Waals surface area contributed by atoms with Gasteiger partial charge in [0.25, 0.3) is 0 Å². The number of aryl methyl sites for hydroxylation is 1. The Labute approximate surface area is 152 Å². The zero-order chi connectivity index (χ0) is 18.1. The molecule has 0 unspecified atom stereocenters. The largest absolute Gasteiger partial charge is 0.493 e. The van der Waals surface area contributed by atoms with Crippen molar-refractivity contribution in [3.8, 4) is 33.9 Å². The van der Waals surface area contributed by atoms with Crippen LogP contribution in [0.3, 0.4) is 0 Å². The second kappa shape index (κ2) is 6.56. The van der Waals surface area contributed by atoms with E-state index in [4.69, 9.17) is 18.9 Å². The Morgan fingerprint density at radius 1 is 0.846 bits per heavy atom. The highest BCUT2D eigenvalue weighted by atomic mass is 16.5. The number of pyridine rings is 1. The molecule has 130 valence electrons. The zero-order valence-electron chi connectivity index (χ0n) is 14.9. The molecule has 0 fully saturated rings. The van der Waals surface area contributed by atoms with Gasteiger partial charge in [0.2, 0.25) is 0 Å². The summed E-state index contributed by atoms with van der Waals surface area (Å²) in [7, 11) is 3.29. The maximum absolute atomic E-state index is 5.44. The van der Waals surface area contributed by atoms with Crippen molar-refractivity contribution in [2.75, 3.05) is 14.2 Å². The van der Waals surface area contributed by atoms with Gasteiger partial charge in [-0.3, -0.25) is 4.98 Å². The van der Waals surface area contributed by atoms with Gasteiger partial charge in [-0.25, -0.2) is 0 Å². The van der Waals surface area contributed by atoms with Crippen molar-refractivity contribution in [3.05, 3.63) is 66.8 Å². The van der Waals surface area contributed by atoms with Gasteiger partial charge in [-0.2, -0.15) is 0 Å². The minimum atomic E-state index is 0.708. The first-order valence-electron chi connectivity index (χ1n) is 8.36. The third kappa shape index (κ3) is 2.80. The van der Waals surface area contributed by atoms with Gasteiger partial charge in [-0.1, -0.05) is 18.2 Å². The third-order valence-corrected chi connectivity index (χ3v) is 4.54. The Bertz CT molecular complexity index is 1070. The third-order valence-electron chi connectivity index (χ3n) is 4.54. The van der Waals surface area contributed by atoms with E-state index in [0.29, 0.717) is 11.5 Å². The highest BCUT2D eigenvalue weighted by Crippen LogP contribution is 2.35. The van der Waals surface area contributed by atoms with Gasteiger partial charge in [0.15, 0.2) is 11.5 Å². The lowest BCUT2D eigenvalue weighted by atomic mass is 10.0. The number of rotatable bonds is 4. The Kier molecular flexibility index (Phi) is 4.09. The molecule has 2 heterocycles. The minimum absolute atomic E-state index is 0.708. The van der Waals surface area contributed by atoms with E-state index in [1.54, 1.807) is 26.7 Å². The molecule has 4 aromatic rings. The van der Waals surface area contributed by atoms with Gasteiger partial charge in [0.05, 0.1) is 32.4 Å². The summed E-state index contributed by atoms with van der Waals surface area (Å²) in [5.41, 5.74) is 5.09. The number of ether oxygens (including phenoxy) is 2. The molecule has 0 amide bonds. The summed E-state index contributed by atoms with van der Waals surface area (Å²) in [6, 6.07) is 16.3. The molecule has 4 heteroatoms. The summed E-state index contributed by atoms with van der Waals surface area (Å²) in [6.07, 6.45) is 3.43. The number of furan rings is 1. The lowest BCUT2D eigenvalue weighted by molar-refractivity contribution is 0.356. The van der Waals surface area contributed by atoms with Crippen LogP contribution in [0, 0.1) is 6.92 Å². The van der Waals surface area contributed by atoms with Gasteiger partial charge in [0.1, 0.15) is 0 Å². The van der Waals surface area contributed by atoms with Gasteiger partial charge in [-0.05, 0) is 48.2 Å². The number of fused-ring (bicyclic) bond motifs is 1. The molecule has 0 spiro atoms. The maximum atomic E-state index is 5.44. The molecule has 4 rings (SSSR count). The number of hydrogen-bond donors (Lipinski definition) is 0. The average Bonchev–Trinajstić information content (AvgIpc) is 3.22. The molecule has 0 saturated carbocycles. The van der Waals surface area contributed by atoms with Crippen LogP contribution in [0.1, 0.15) is 5.69 Å². The molecule has 0 atom stereocenters. The molecule has 2 aromatic heterocycles. The van der Waals surface area contributed by atoms with E-state index in [1.165, 1.54) is 0 Å². The number of aromatic nitrogens is 1. The molecule has 0 aliphatic heterocycles. The molecule has 0 radical (unpaired) electrons. The molecular formula is C22H19NO3. The Morgan fingerprint density at radius 3 is 2.35 bits per heavy atom. The van der Waals surface area contributed by atoms with E-state index in [0.717, 1.165) is 38.9 Å². The van der Waals surface area contributed by atoms with Crippen molar-refractivity contribution >= 4 is 10.8 Å². The number of methoxy groups -OCH3 is 2. The van der Waals surface area contributed by atoms with Crippen molar-refractivity contribution in [1.82, 2.24) is 4.98 Å². The Balaban J connectivity index is 1.86. The second-order valence-corrected chi connectivity index (χ2v) is 6.11. The predicted octanol–water partition coefficient (Wildman–Crippen LogP) is 5.49. The van der Waals surface area contributed by atoms with Crippen LogP contribution in [-0.2, 0) is 0 Å². The first-order valence-corrected chi connectivity index (χ1v) is 8.36. The van der Waals surface area contributed by atoms with Crippen LogP contribution in [-0.4, -0.2) is 19.2 Å². The minimum Gasteiger partial charge on any atom is -0.493 e. The van der Waals surface area contributed by atoms with Gasteiger partial charge >= 0.3 is 0 Å². The van der Waals surface area contributed by atoms with Gasteiger partial charge in [-0.15, -0.1) is 0 Å². The fraction of sp³-hybridized carbons (Fsp3) is 0.136. The van der Waals surface area contributed by atoms with E-state index < -0.39 is 0 Å². The lowest BCUT2D eigenvalue weighted by Crippen LogP contribution is -1.94. The smallest absolute Gasteiger partial charge is 0.161 e. The summed E-state index contributed by atoms with van der Waals surface area (Å²) in [4.78, 5) is 4.81. The van der Waals surface area contributed by atoms with Gasteiger partial charge < -0.3 is 13.9 Å². The van der Waals surface area contributed by atoms with Crippen LogP contribution in [0.25, 0.3) is 33.2 Å². The first-order chi connectivity index (χ1) is 12.7. The normalized spacial score (nSPS) is 10.9. The number of benzene rings is 2. The second-order valence-electron chi connectivity index (χ2n) is 6.11. The van der Waals surface area contributed by atoms with Crippen LogP contribution in [0.2, 0.25) is 0 Å². The van der Waals surface area contributed by atoms with Crippen molar-refractivity contribution in [2.45, 2.75) is 6.92 Å². The van der Waals surface area contributed by atoms with Crippen molar-refractivity contribution in [1.29, 1.82) is 0 Å². The van der Waals surface area contributed by atoms with Crippen LogP contribution in [0.4, 0.5) is 0 Å². The van der Waals surface area contributed by atoms with Crippen LogP contribution in [0.15, 0.2) is 65.5 Å². The van der Waals surface area contributed by atoms with Crippen molar-refractivity contribution in [3.63, 3.8) is 0 Å². The van der Waals surface area contributed by atoms with Crippen LogP contribution in [0.5, 0.6) is 11.5 Å². The number of hydrogen-bond acceptors (Lipinski definition) is 4. The zero-order valence-corrected chi connectivity index (χ0v) is 14.9. The van der Waals surface area contributed by atoms with E-state index in [-0.39, 0.29) is 0 Å². The molecule has 0 saturated heterocycles. The fourth-order valence-corrected chi connectivity index (χ4v) is 3.18. The summed E-state index contributed by atoms with van der Waals surface area (Å²) in [5.74, 6) is 1.42. The summed E-state index contributed by atoms with van der Waals surface area (Å²) in [6.45, 7) is 2.01. The van der Waals surface area contributed by atoms with E-state index in [9.17, 15) is 0 Å². The van der Waals surface area contributed by atoms with Crippen molar-refractivity contribution < 1.29 is 13.9 Å². The maximum Gasteiger partial charge on any atom is 0.161 e. The molecule has 26 heavy (non-hydrogen) atoms. The molecule has 0 N–H and O–H groups in total. The molecular weight excluding hydrogens is 326 g/mol. The molecule has 0 bridgehead atoms.